The number of methoxy groups -OCH3 is 1. The summed E-state index contributed by atoms with van der Waals surface area (Å²) in [5.41, 5.74) is 5.34. The predicted octanol–water partition coefficient (Wildman–Crippen LogP) is 1.46. The lowest BCUT2D eigenvalue weighted by molar-refractivity contribution is -0.144. The van der Waals surface area contributed by atoms with Crippen LogP contribution in [0.15, 0.2) is 0 Å². The van der Waals surface area contributed by atoms with E-state index in [1.807, 2.05) is 0 Å². The summed E-state index contributed by atoms with van der Waals surface area (Å²) in [6.07, 6.45) is 3.85. The smallest absolute Gasteiger partial charge is 0.326 e. The van der Waals surface area contributed by atoms with Gasteiger partial charge in [-0.1, -0.05) is 20.3 Å². The van der Waals surface area contributed by atoms with Crippen molar-refractivity contribution in [1.29, 1.82) is 0 Å². The van der Waals surface area contributed by atoms with Gasteiger partial charge in [-0.2, -0.15) is 0 Å². The zero-order valence-electron chi connectivity index (χ0n) is 8.72. The largest absolute Gasteiger partial charge is 0.468 e. The molecule has 2 unspecified atom stereocenters. The topological polar surface area (TPSA) is 52.3 Å². The van der Waals surface area contributed by atoms with E-state index in [9.17, 15) is 4.79 Å². The van der Waals surface area contributed by atoms with Crippen molar-refractivity contribution in [3.8, 4) is 0 Å². The van der Waals surface area contributed by atoms with Crippen LogP contribution in [-0.4, -0.2) is 18.6 Å². The maximum Gasteiger partial charge on any atom is 0.326 e. The minimum atomic E-state index is -0.688. The SMILES string of the molecule is CCCC1(CC)CC1(N)C(=O)OC. The number of ether oxygens (including phenoxy) is 1. The fraction of sp³-hybridized carbons (Fsp3) is 0.900. The molecule has 0 aromatic heterocycles. The van der Waals surface area contributed by atoms with Crippen molar-refractivity contribution in [1.82, 2.24) is 0 Å². The fourth-order valence-electron chi connectivity index (χ4n) is 2.37. The first-order valence-electron chi connectivity index (χ1n) is 4.93. The Labute approximate surface area is 79.6 Å². The minimum Gasteiger partial charge on any atom is -0.468 e. The lowest BCUT2D eigenvalue weighted by atomic mass is 9.91. The molecule has 2 N–H and O–H groups in total. The van der Waals surface area contributed by atoms with Crippen LogP contribution in [0.3, 0.4) is 0 Å². The molecule has 1 fully saturated rings. The number of esters is 1. The van der Waals surface area contributed by atoms with Gasteiger partial charge in [-0.25, -0.2) is 0 Å². The number of carbonyl (C=O) groups excluding carboxylic acids is 1. The molecule has 0 aromatic carbocycles. The summed E-state index contributed by atoms with van der Waals surface area (Å²) in [5, 5.41) is 0. The van der Waals surface area contributed by atoms with Gasteiger partial charge in [0.05, 0.1) is 7.11 Å². The molecular weight excluding hydrogens is 166 g/mol. The number of rotatable bonds is 4. The van der Waals surface area contributed by atoms with Gasteiger partial charge in [0.1, 0.15) is 5.54 Å². The fourth-order valence-corrected chi connectivity index (χ4v) is 2.37. The molecule has 2 atom stereocenters. The molecule has 0 bridgehead atoms. The van der Waals surface area contributed by atoms with Gasteiger partial charge in [0.15, 0.2) is 0 Å². The van der Waals surface area contributed by atoms with Crippen LogP contribution in [0.1, 0.15) is 39.5 Å². The summed E-state index contributed by atoms with van der Waals surface area (Å²) in [5.74, 6) is -0.247. The van der Waals surface area contributed by atoms with E-state index in [0.29, 0.717) is 0 Å². The molecule has 1 rings (SSSR count). The summed E-state index contributed by atoms with van der Waals surface area (Å²) in [6.45, 7) is 4.21. The van der Waals surface area contributed by atoms with Crippen LogP contribution in [0.4, 0.5) is 0 Å². The first kappa shape index (κ1) is 10.5. The van der Waals surface area contributed by atoms with Crippen LogP contribution >= 0.6 is 0 Å². The second-order valence-corrected chi connectivity index (χ2v) is 4.02. The second kappa shape index (κ2) is 3.29. The lowest BCUT2D eigenvalue weighted by Crippen LogP contribution is -2.40. The first-order valence-corrected chi connectivity index (χ1v) is 4.93. The Morgan fingerprint density at radius 1 is 1.54 bits per heavy atom. The molecule has 1 saturated carbocycles. The van der Waals surface area contributed by atoms with E-state index in [0.717, 1.165) is 25.7 Å². The highest BCUT2D eigenvalue weighted by atomic mass is 16.5. The van der Waals surface area contributed by atoms with Gasteiger partial charge in [0, 0.05) is 5.41 Å². The van der Waals surface area contributed by atoms with E-state index in [1.54, 1.807) is 0 Å². The molecule has 0 spiro atoms. The van der Waals surface area contributed by atoms with Gasteiger partial charge in [0.25, 0.3) is 0 Å². The molecule has 1 aliphatic rings. The second-order valence-electron chi connectivity index (χ2n) is 4.02. The molecule has 0 radical (unpaired) electrons. The van der Waals surface area contributed by atoms with E-state index in [1.165, 1.54) is 7.11 Å². The van der Waals surface area contributed by atoms with Gasteiger partial charge >= 0.3 is 5.97 Å². The molecule has 76 valence electrons. The van der Waals surface area contributed by atoms with Crippen molar-refractivity contribution in [3.63, 3.8) is 0 Å². The summed E-state index contributed by atoms with van der Waals surface area (Å²) < 4.78 is 4.72. The average Bonchev–Trinajstić information content (AvgIpc) is 2.73. The van der Waals surface area contributed by atoms with Crippen LogP contribution in [0.5, 0.6) is 0 Å². The first-order chi connectivity index (χ1) is 6.06. The third-order valence-electron chi connectivity index (χ3n) is 3.39. The molecular formula is C10H19NO2. The van der Waals surface area contributed by atoms with E-state index < -0.39 is 5.54 Å². The van der Waals surface area contributed by atoms with Gasteiger partial charge < -0.3 is 10.5 Å². The summed E-state index contributed by atoms with van der Waals surface area (Å²) in [4.78, 5) is 11.4. The van der Waals surface area contributed by atoms with Gasteiger partial charge in [-0.3, -0.25) is 4.79 Å². The average molecular weight is 185 g/mol. The van der Waals surface area contributed by atoms with Gasteiger partial charge in [-0.05, 0) is 19.3 Å². The maximum atomic E-state index is 11.4. The number of hydrogen-bond donors (Lipinski definition) is 1. The standard InChI is InChI=1S/C10H19NO2/c1-4-6-9(5-2)7-10(9,11)8(12)13-3/h4-7,11H2,1-3H3. The summed E-state index contributed by atoms with van der Waals surface area (Å²) in [6, 6.07) is 0. The van der Waals surface area contributed by atoms with Crippen molar-refractivity contribution >= 4 is 5.97 Å². The molecule has 1 aliphatic carbocycles. The van der Waals surface area contributed by atoms with Crippen molar-refractivity contribution in [3.05, 3.63) is 0 Å². The number of nitrogens with two attached hydrogens (primary N) is 1. The monoisotopic (exact) mass is 185 g/mol. The third-order valence-corrected chi connectivity index (χ3v) is 3.39. The zero-order valence-corrected chi connectivity index (χ0v) is 8.72. The highest BCUT2D eigenvalue weighted by Gasteiger charge is 2.68. The highest BCUT2D eigenvalue weighted by Crippen LogP contribution is 2.60. The van der Waals surface area contributed by atoms with Gasteiger partial charge in [0.2, 0.25) is 0 Å². The van der Waals surface area contributed by atoms with E-state index in [-0.39, 0.29) is 11.4 Å². The molecule has 0 aliphatic heterocycles. The lowest BCUT2D eigenvalue weighted by Gasteiger charge is -2.18. The molecule has 0 saturated heterocycles. The highest BCUT2D eigenvalue weighted by molar-refractivity contribution is 5.86. The molecule has 13 heavy (non-hydrogen) atoms. The Bertz CT molecular complexity index is 217. The van der Waals surface area contributed by atoms with Crippen LogP contribution in [0.25, 0.3) is 0 Å². The molecule has 0 aromatic rings. The molecule has 0 amide bonds. The third kappa shape index (κ3) is 1.35. The quantitative estimate of drug-likeness (QED) is 0.674. The predicted molar refractivity (Wildman–Crippen MR) is 51.2 cm³/mol. The van der Waals surface area contributed by atoms with E-state index >= 15 is 0 Å². The number of hydrogen-bond acceptors (Lipinski definition) is 3. The van der Waals surface area contributed by atoms with Crippen LogP contribution in [0.2, 0.25) is 0 Å². The van der Waals surface area contributed by atoms with Crippen molar-refractivity contribution in [2.24, 2.45) is 11.1 Å². The Morgan fingerprint density at radius 3 is 2.54 bits per heavy atom. The van der Waals surface area contributed by atoms with Crippen LogP contribution < -0.4 is 5.73 Å². The minimum absolute atomic E-state index is 0.0227. The molecule has 3 heteroatoms. The Morgan fingerprint density at radius 2 is 2.15 bits per heavy atom. The Hall–Kier alpha value is -0.570. The van der Waals surface area contributed by atoms with E-state index in [4.69, 9.17) is 10.5 Å². The van der Waals surface area contributed by atoms with E-state index in [2.05, 4.69) is 13.8 Å². The molecule has 0 heterocycles. The maximum absolute atomic E-state index is 11.4. The summed E-state index contributed by atoms with van der Waals surface area (Å²) in [7, 11) is 1.40. The van der Waals surface area contributed by atoms with Gasteiger partial charge in [-0.15, -0.1) is 0 Å². The van der Waals surface area contributed by atoms with Crippen LogP contribution in [-0.2, 0) is 9.53 Å². The van der Waals surface area contributed by atoms with Crippen molar-refractivity contribution in [2.75, 3.05) is 7.11 Å². The molecule has 3 nitrogen and oxygen atoms in total. The Balaban J connectivity index is 2.71. The van der Waals surface area contributed by atoms with Crippen molar-refractivity contribution < 1.29 is 9.53 Å². The Kier molecular flexibility index (Phi) is 2.66. The van der Waals surface area contributed by atoms with Crippen molar-refractivity contribution in [2.45, 2.75) is 45.1 Å². The van der Waals surface area contributed by atoms with Crippen LogP contribution in [0, 0.1) is 5.41 Å². The zero-order chi connectivity index (χ0) is 10.1. The summed E-state index contributed by atoms with van der Waals surface area (Å²) >= 11 is 0. The normalized spacial score (nSPS) is 37.2. The number of carbonyl (C=O) groups is 1.